The minimum atomic E-state index is -4.59. The molecule has 0 unspecified atom stereocenters. The summed E-state index contributed by atoms with van der Waals surface area (Å²) in [5.74, 6) is -1.76. The summed E-state index contributed by atoms with van der Waals surface area (Å²) >= 11 is 5.81. The molecule has 9 heteroatoms. The smallest absolute Gasteiger partial charge is 0.416 e. The number of furan rings is 1. The number of benzene rings is 2. The van der Waals surface area contributed by atoms with Gasteiger partial charge in [-0.1, -0.05) is 29.8 Å². The summed E-state index contributed by atoms with van der Waals surface area (Å²) in [7, 11) is 0. The lowest BCUT2D eigenvalue weighted by molar-refractivity contribution is -0.137. The van der Waals surface area contributed by atoms with E-state index < -0.39 is 30.2 Å². The number of anilines is 1. The summed E-state index contributed by atoms with van der Waals surface area (Å²) in [6, 6.07) is 9.49. The average Bonchev–Trinajstić information content (AvgIpc) is 2.98. The van der Waals surface area contributed by atoms with Gasteiger partial charge in [-0.15, -0.1) is 0 Å². The summed E-state index contributed by atoms with van der Waals surface area (Å²) in [5.41, 5.74) is -0.159. The van der Waals surface area contributed by atoms with Crippen LogP contribution in [-0.2, 0) is 15.7 Å². The zero-order valence-electron chi connectivity index (χ0n) is 14.4. The van der Waals surface area contributed by atoms with E-state index in [4.69, 9.17) is 20.8 Å². The summed E-state index contributed by atoms with van der Waals surface area (Å²) in [6.45, 7) is 0.951. The molecular formula is C19H13ClF3NO4. The number of nitrogens with one attached hydrogen (secondary N) is 1. The molecule has 1 aromatic heterocycles. The van der Waals surface area contributed by atoms with Gasteiger partial charge < -0.3 is 14.5 Å². The summed E-state index contributed by atoms with van der Waals surface area (Å²) < 4.78 is 48.6. The number of carbonyl (C=O) groups excluding carboxylic acids is 2. The van der Waals surface area contributed by atoms with Crippen LogP contribution in [0.4, 0.5) is 18.9 Å². The molecule has 0 saturated carbocycles. The van der Waals surface area contributed by atoms with Crippen molar-refractivity contribution in [2.75, 3.05) is 11.9 Å². The molecule has 0 spiro atoms. The summed E-state index contributed by atoms with van der Waals surface area (Å²) in [6.07, 6.45) is -4.59. The number of esters is 1. The number of hydrogen-bond donors (Lipinski definition) is 1. The Morgan fingerprint density at radius 1 is 1.18 bits per heavy atom. The number of alkyl halides is 3. The number of hydrogen-bond acceptors (Lipinski definition) is 4. The topological polar surface area (TPSA) is 68.5 Å². The quantitative estimate of drug-likeness (QED) is 0.598. The minimum absolute atomic E-state index is 0.0499. The van der Waals surface area contributed by atoms with Crippen LogP contribution < -0.4 is 5.32 Å². The van der Waals surface area contributed by atoms with E-state index in [-0.39, 0.29) is 16.5 Å². The second kappa shape index (κ2) is 7.55. The molecule has 146 valence electrons. The van der Waals surface area contributed by atoms with Crippen LogP contribution in [0.1, 0.15) is 21.7 Å². The highest BCUT2D eigenvalue weighted by Gasteiger charge is 2.31. The van der Waals surface area contributed by atoms with Crippen molar-refractivity contribution in [1.29, 1.82) is 0 Å². The highest BCUT2D eigenvalue weighted by atomic mass is 35.5. The van der Waals surface area contributed by atoms with Crippen molar-refractivity contribution in [2.24, 2.45) is 0 Å². The van der Waals surface area contributed by atoms with E-state index in [1.54, 1.807) is 31.2 Å². The van der Waals surface area contributed by atoms with E-state index in [1.165, 1.54) is 0 Å². The van der Waals surface area contributed by atoms with Gasteiger partial charge in [-0.05, 0) is 31.2 Å². The van der Waals surface area contributed by atoms with Gasteiger partial charge in [-0.25, -0.2) is 4.79 Å². The monoisotopic (exact) mass is 411 g/mol. The Balaban J connectivity index is 1.67. The first-order valence-corrected chi connectivity index (χ1v) is 8.36. The van der Waals surface area contributed by atoms with Crippen molar-refractivity contribution < 1.29 is 31.9 Å². The Morgan fingerprint density at radius 3 is 2.57 bits per heavy atom. The maximum Gasteiger partial charge on any atom is 0.416 e. The molecule has 0 bridgehead atoms. The maximum atomic E-state index is 12.8. The van der Waals surface area contributed by atoms with Crippen LogP contribution in [-0.4, -0.2) is 18.5 Å². The Labute approximate surface area is 162 Å². The number of rotatable bonds is 4. The van der Waals surface area contributed by atoms with Gasteiger partial charge in [-0.2, -0.15) is 13.2 Å². The first kappa shape index (κ1) is 19.8. The van der Waals surface area contributed by atoms with Crippen LogP contribution in [0.2, 0.25) is 5.02 Å². The van der Waals surface area contributed by atoms with E-state index in [2.05, 4.69) is 5.32 Å². The molecule has 0 radical (unpaired) electrons. The lowest BCUT2D eigenvalue weighted by Crippen LogP contribution is -2.21. The van der Waals surface area contributed by atoms with Crippen LogP contribution >= 0.6 is 11.6 Å². The molecule has 1 N–H and O–H groups in total. The van der Waals surface area contributed by atoms with Crippen molar-refractivity contribution in [3.8, 4) is 0 Å². The first-order chi connectivity index (χ1) is 13.2. The zero-order valence-corrected chi connectivity index (χ0v) is 15.1. The third kappa shape index (κ3) is 4.12. The number of fused-ring (bicyclic) bond motifs is 1. The van der Waals surface area contributed by atoms with Gasteiger partial charge in [0.1, 0.15) is 5.58 Å². The fourth-order valence-corrected chi connectivity index (χ4v) is 2.71. The SMILES string of the molecule is Cc1c(C(=O)OCC(=O)Nc2cc(C(F)(F)F)ccc2Cl)oc2ccccc12. The van der Waals surface area contributed by atoms with Gasteiger partial charge in [0.25, 0.3) is 5.91 Å². The minimum Gasteiger partial charge on any atom is -0.450 e. The molecule has 1 amide bonds. The summed E-state index contributed by atoms with van der Waals surface area (Å²) in [4.78, 5) is 24.1. The number of ether oxygens (including phenoxy) is 1. The number of aryl methyl sites for hydroxylation is 1. The molecule has 0 aliphatic heterocycles. The molecule has 0 aliphatic carbocycles. The molecule has 0 aliphatic rings. The van der Waals surface area contributed by atoms with Crippen molar-refractivity contribution in [3.05, 3.63) is 64.4 Å². The van der Waals surface area contributed by atoms with E-state index >= 15 is 0 Å². The third-order valence-electron chi connectivity index (χ3n) is 3.93. The number of amides is 1. The van der Waals surface area contributed by atoms with E-state index in [0.29, 0.717) is 17.2 Å². The van der Waals surface area contributed by atoms with Crippen LogP contribution in [0.15, 0.2) is 46.9 Å². The van der Waals surface area contributed by atoms with Gasteiger partial charge in [0.05, 0.1) is 16.3 Å². The molecule has 5 nitrogen and oxygen atoms in total. The average molecular weight is 412 g/mol. The largest absolute Gasteiger partial charge is 0.450 e. The predicted molar refractivity (Wildman–Crippen MR) is 96.3 cm³/mol. The molecular weight excluding hydrogens is 399 g/mol. The number of para-hydroxylation sites is 1. The van der Waals surface area contributed by atoms with Gasteiger partial charge in [0, 0.05) is 10.9 Å². The van der Waals surface area contributed by atoms with Gasteiger partial charge in [0.2, 0.25) is 5.76 Å². The highest BCUT2D eigenvalue weighted by Crippen LogP contribution is 2.33. The second-order valence-corrected chi connectivity index (χ2v) is 6.28. The highest BCUT2D eigenvalue weighted by molar-refractivity contribution is 6.33. The van der Waals surface area contributed by atoms with Crippen molar-refractivity contribution >= 4 is 40.1 Å². The lowest BCUT2D eigenvalue weighted by atomic mass is 10.1. The number of halogens is 4. The van der Waals surface area contributed by atoms with E-state index in [1.807, 2.05) is 0 Å². The molecule has 0 saturated heterocycles. The molecule has 3 aromatic rings. The Kier molecular flexibility index (Phi) is 5.33. The first-order valence-electron chi connectivity index (χ1n) is 7.98. The predicted octanol–water partition coefficient (Wildman–Crippen LogP) is 5.21. The van der Waals surface area contributed by atoms with Crippen molar-refractivity contribution in [1.82, 2.24) is 0 Å². The standard InChI is InChI=1S/C19H13ClF3NO4/c1-10-12-4-2-3-5-15(12)28-17(10)18(26)27-9-16(25)24-14-8-11(19(21,22)23)6-7-13(14)20/h2-8H,9H2,1H3,(H,24,25). The third-order valence-corrected chi connectivity index (χ3v) is 4.26. The van der Waals surface area contributed by atoms with Crippen LogP contribution in [0.5, 0.6) is 0 Å². The summed E-state index contributed by atoms with van der Waals surface area (Å²) in [5, 5.41) is 2.84. The van der Waals surface area contributed by atoms with Crippen LogP contribution in [0, 0.1) is 6.92 Å². The molecule has 28 heavy (non-hydrogen) atoms. The molecule has 0 fully saturated rings. The van der Waals surface area contributed by atoms with E-state index in [0.717, 1.165) is 17.5 Å². The fourth-order valence-electron chi connectivity index (χ4n) is 2.55. The molecule has 1 heterocycles. The lowest BCUT2D eigenvalue weighted by Gasteiger charge is -2.11. The molecule has 3 rings (SSSR count). The van der Waals surface area contributed by atoms with Crippen LogP contribution in [0.25, 0.3) is 11.0 Å². The van der Waals surface area contributed by atoms with Crippen LogP contribution in [0.3, 0.4) is 0 Å². The van der Waals surface area contributed by atoms with Gasteiger partial charge >= 0.3 is 12.1 Å². The molecule has 2 aromatic carbocycles. The second-order valence-electron chi connectivity index (χ2n) is 5.87. The fraction of sp³-hybridized carbons (Fsp3) is 0.158. The van der Waals surface area contributed by atoms with Gasteiger partial charge in [0.15, 0.2) is 6.61 Å². The van der Waals surface area contributed by atoms with E-state index in [9.17, 15) is 22.8 Å². The maximum absolute atomic E-state index is 12.8. The van der Waals surface area contributed by atoms with Gasteiger partial charge in [-0.3, -0.25) is 4.79 Å². The Morgan fingerprint density at radius 2 is 1.89 bits per heavy atom. The Hall–Kier alpha value is -3.00. The normalized spacial score (nSPS) is 11.5. The molecule has 0 atom stereocenters. The van der Waals surface area contributed by atoms with Crippen molar-refractivity contribution in [2.45, 2.75) is 13.1 Å². The number of carbonyl (C=O) groups is 2. The zero-order chi connectivity index (χ0) is 20.5. The Bertz CT molecular complexity index is 1060. The van der Waals surface area contributed by atoms with Crippen molar-refractivity contribution in [3.63, 3.8) is 0 Å².